The van der Waals surface area contributed by atoms with Gasteiger partial charge in [0.25, 0.3) is 0 Å². The van der Waals surface area contributed by atoms with E-state index in [1.807, 2.05) is 0 Å². The van der Waals surface area contributed by atoms with Gasteiger partial charge in [0.1, 0.15) is 5.82 Å². The van der Waals surface area contributed by atoms with Crippen molar-refractivity contribution in [2.75, 3.05) is 20.8 Å². The van der Waals surface area contributed by atoms with Gasteiger partial charge in [-0.2, -0.15) is 0 Å². The number of ether oxygens (including phenoxy) is 2. The fourth-order valence-corrected chi connectivity index (χ4v) is 1.98. The van der Waals surface area contributed by atoms with E-state index in [-0.39, 0.29) is 16.8 Å². The molecule has 0 amide bonds. The van der Waals surface area contributed by atoms with Gasteiger partial charge >= 0.3 is 0 Å². The van der Waals surface area contributed by atoms with Crippen LogP contribution in [0.4, 0.5) is 4.39 Å². The summed E-state index contributed by atoms with van der Waals surface area (Å²) in [6.07, 6.45) is 0. The monoisotopic (exact) mass is 293 g/mol. The Labute approximate surface area is 101 Å². The molecular weight excluding hydrogens is 281 g/mol. The number of hydrogen-bond acceptors (Lipinski definition) is 4. The molecule has 1 atom stereocenters. The van der Waals surface area contributed by atoms with Crippen molar-refractivity contribution in [3.8, 4) is 11.5 Å². The lowest BCUT2D eigenvalue weighted by Gasteiger charge is -2.18. The van der Waals surface area contributed by atoms with Crippen molar-refractivity contribution < 1.29 is 19.0 Å². The molecule has 0 aliphatic carbocycles. The largest absolute Gasteiger partial charge is 0.493 e. The maximum absolute atomic E-state index is 13.5. The van der Waals surface area contributed by atoms with Gasteiger partial charge in [-0.25, -0.2) is 4.39 Å². The maximum Gasteiger partial charge on any atom is 0.166 e. The van der Waals surface area contributed by atoms with Gasteiger partial charge in [0.15, 0.2) is 11.5 Å². The smallest absolute Gasteiger partial charge is 0.166 e. The van der Waals surface area contributed by atoms with E-state index in [2.05, 4.69) is 15.9 Å². The lowest BCUT2D eigenvalue weighted by atomic mass is 10.1. The number of hydrogen-bond donors (Lipinski definition) is 2. The zero-order valence-electron chi connectivity index (χ0n) is 8.96. The molecule has 0 saturated heterocycles. The summed E-state index contributed by atoms with van der Waals surface area (Å²) in [6, 6.07) is 0.449. The molecule has 0 aliphatic heterocycles. The third kappa shape index (κ3) is 2.28. The molecule has 0 bridgehead atoms. The van der Waals surface area contributed by atoms with Gasteiger partial charge in [0, 0.05) is 11.6 Å². The molecule has 1 rings (SSSR count). The Morgan fingerprint density at radius 3 is 2.56 bits per heavy atom. The first-order valence-electron chi connectivity index (χ1n) is 4.53. The fraction of sp³-hybridized carbons (Fsp3) is 0.400. The number of methoxy groups -OCH3 is 2. The minimum absolute atomic E-state index is 0.173. The quantitative estimate of drug-likeness (QED) is 0.885. The molecule has 3 N–H and O–H groups in total. The molecule has 0 spiro atoms. The van der Waals surface area contributed by atoms with Crippen LogP contribution in [0, 0.1) is 5.82 Å². The van der Waals surface area contributed by atoms with E-state index in [9.17, 15) is 4.39 Å². The van der Waals surface area contributed by atoms with Crippen molar-refractivity contribution in [2.45, 2.75) is 6.04 Å². The molecule has 90 valence electrons. The molecule has 0 aromatic heterocycles. The Morgan fingerprint density at radius 1 is 1.50 bits per heavy atom. The predicted molar refractivity (Wildman–Crippen MR) is 61.2 cm³/mol. The van der Waals surface area contributed by atoms with Gasteiger partial charge < -0.3 is 20.3 Å². The van der Waals surface area contributed by atoms with Gasteiger partial charge in [-0.05, 0) is 15.9 Å². The molecule has 1 aromatic rings. The van der Waals surface area contributed by atoms with E-state index in [1.54, 1.807) is 0 Å². The molecule has 1 unspecified atom stereocenters. The van der Waals surface area contributed by atoms with Gasteiger partial charge in [0.2, 0.25) is 0 Å². The Hall–Kier alpha value is -0.850. The van der Waals surface area contributed by atoms with Crippen molar-refractivity contribution in [3.63, 3.8) is 0 Å². The normalized spacial score (nSPS) is 12.4. The van der Waals surface area contributed by atoms with E-state index in [0.29, 0.717) is 11.3 Å². The third-order valence-corrected chi connectivity index (χ3v) is 2.97. The second-order valence-electron chi connectivity index (χ2n) is 3.11. The van der Waals surface area contributed by atoms with Crippen molar-refractivity contribution in [1.29, 1.82) is 0 Å². The average molecular weight is 294 g/mol. The summed E-state index contributed by atoms with van der Waals surface area (Å²) in [5, 5.41) is 9.02. The van der Waals surface area contributed by atoms with Crippen LogP contribution in [0.3, 0.4) is 0 Å². The molecule has 0 radical (unpaired) electrons. The molecule has 0 heterocycles. The summed E-state index contributed by atoms with van der Waals surface area (Å²) in [7, 11) is 2.83. The van der Waals surface area contributed by atoms with Gasteiger partial charge in [-0.3, -0.25) is 0 Å². The molecule has 16 heavy (non-hydrogen) atoms. The molecule has 6 heteroatoms. The van der Waals surface area contributed by atoms with Crippen molar-refractivity contribution in [3.05, 3.63) is 21.9 Å². The topological polar surface area (TPSA) is 64.7 Å². The molecular formula is C10H13BrFNO3. The van der Waals surface area contributed by atoms with Crippen LogP contribution in [0.2, 0.25) is 0 Å². The second-order valence-corrected chi connectivity index (χ2v) is 3.90. The van der Waals surface area contributed by atoms with Crippen LogP contribution in [-0.4, -0.2) is 25.9 Å². The molecule has 1 aromatic carbocycles. The van der Waals surface area contributed by atoms with Crippen LogP contribution >= 0.6 is 15.9 Å². The zero-order valence-corrected chi connectivity index (χ0v) is 10.5. The summed E-state index contributed by atoms with van der Waals surface area (Å²) < 4.78 is 23.8. The first kappa shape index (κ1) is 13.2. The summed E-state index contributed by atoms with van der Waals surface area (Å²) in [5.74, 6) is 0.0379. The van der Waals surface area contributed by atoms with Gasteiger partial charge in [0.05, 0.1) is 31.3 Å². The van der Waals surface area contributed by atoms with Crippen LogP contribution in [0.15, 0.2) is 10.5 Å². The van der Waals surface area contributed by atoms with Crippen LogP contribution in [0.1, 0.15) is 11.6 Å². The molecule has 0 fully saturated rings. The highest BCUT2D eigenvalue weighted by Gasteiger charge is 2.22. The highest BCUT2D eigenvalue weighted by Crippen LogP contribution is 2.40. The molecule has 0 aliphatic rings. The van der Waals surface area contributed by atoms with Crippen LogP contribution in [0.25, 0.3) is 0 Å². The third-order valence-electron chi connectivity index (χ3n) is 2.16. The fourth-order valence-electron chi connectivity index (χ4n) is 1.39. The van der Waals surface area contributed by atoms with E-state index in [0.717, 1.165) is 0 Å². The predicted octanol–water partition coefficient (Wildman–Crippen LogP) is 1.60. The number of rotatable bonds is 4. The summed E-state index contributed by atoms with van der Waals surface area (Å²) in [5.41, 5.74) is 6.03. The number of aliphatic hydroxyl groups is 1. The van der Waals surface area contributed by atoms with Gasteiger partial charge in [-0.15, -0.1) is 0 Å². The Morgan fingerprint density at radius 2 is 2.12 bits per heavy atom. The summed E-state index contributed by atoms with van der Waals surface area (Å²) in [4.78, 5) is 0. The summed E-state index contributed by atoms with van der Waals surface area (Å²) >= 11 is 3.07. The number of aliphatic hydroxyl groups excluding tert-OH is 1. The number of nitrogens with two attached hydrogens (primary N) is 1. The Balaban J connectivity index is 3.46. The standard InChI is InChI=1S/C10H13BrFNO3/c1-15-7-3-5(12)9(11)8(6(13)4-14)10(7)16-2/h3,6,14H,4,13H2,1-2H3. The van der Waals surface area contributed by atoms with E-state index >= 15 is 0 Å². The zero-order chi connectivity index (χ0) is 12.3. The second kappa shape index (κ2) is 5.47. The molecule has 0 saturated carbocycles. The highest BCUT2D eigenvalue weighted by molar-refractivity contribution is 9.10. The van der Waals surface area contributed by atoms with Gasteiger partial charge in [-0.1, -0.05) is 0 Å². The van der Waals surface area contributed by atoms with E-state index in [1.165, 1.54) is 20.3 Å². The average Bonchev–Trinajstić information content (AvgIpc) is 2.30. The SMILES string of the molecule is COc1cc(F)c(Br)c(C(N)CO)c1OC. The maximum atomic E-state index is 13.5. The van der Waals surface area contributed by atoms with Crippen molar-refractivity contribution in [2.24, 2.45) is 5.73 Å². The van der Waals surface area contributed by atoms with Crippen LogP contribution in [-0.2, 0) is 0 Å². The van der Waals surface area contributed by atoms with E-state index in [4.69, 9.17) is 20.3 Å². The Bertz CT molecular complexity index is 387. The first-order valence-corrected chi connectivity index (χ1v) is 5.32. The lowest BCUT2D eigenvalue weighted by molar-refractivity contribution is 0.262. The van der Waals surface area contributed by atoms with Crippen LogP contribution < -0.4 is 15.2 Å². The van der Waals surface area contributed by atoms with E-state index < -0.39 is 11.9 Å². The number of benzene rings is 1. The summed E-state index contributed by atoms with van der Waals surface area (Å²) in [6.45, 7) is -0.318. The minimum Gasteiger partial charge on any atom is -0.493 e. The highest BCUT2D eigenvalue weighted by atomic mass is 79.9. The van der Waals surface area contributed by atoms with Crippen LogP contribution in [0.5, 0.6) is 11.5 Å². The lowest BCUT2D eigenvalue weighted by Crippen LogP contribution is -2.17. The Kier molecular flexibility index (Phi) is 4.52. The first-order chi connectivity index (χ1) is 7.56. The molecule has 4 nitrogen and oxygen atoms in total. The minimum atomic E-state index is -0.742. The number of halogens is 2. The van der Waals surface area contributed by atoms with Crippen molar-refractivity contribution >= 4 is 15.9 Å². The van der Waals surface area contributed by atoms with Crippen molar-refractivity contribution in [1.82, 2.24) is 0 Å².